The number of carboxylic acids is 1. The van der Waals surface area contributed by atoms with Crippen molar-refractivity contribution in [2.45, 2.75) is 49.8 Å². The molecule has 0 aliphatic heterocycles. The van der Waals surface area contributed by atoms with Crippen molar-refractivity contribution in [2.75, 3.05) is 0 Å². The van der Waals surface area contributed by atoms with E-state index in [0.29, 0.717) is 17.5 Å². The molecule has 0 aromatic heterocycles. The average molecular weight is 289 g/mol. The summed E-state index contributed by atoms with van der Waals surface area (Å²) in [6, 6.07) is -0.689. The van der Waals surface area contributed by atoms with Crippen LogP contribution in [0.15, 0.2) is 0 Å². The predicted octanol–water partition coefficient (Wildman–Crippen LogP) is 0.578. The number of carbonyl (C=O) groups is 2. The Morgan fingerprint density at radius 1 is 1.31 bits per heavy atom. The Labute approximate surface area is 105 Å². The molecular formula is C11H20AsNO3. The van der Waals surface area contributed by atoms with Crippen molar-refractivity contribution in [2.24, 2.45) is 5.92 Å². The van der Waals surface area contributed by atoms with Crippen LogP contribution in [0, 0.1) is 5.92 Å². The van der Waals surface area contributed by atoms with Crippen molar-refractivity contribution >= 4 is 28.7 Å². The van der Waals surface area contributed by atoms with Crippen molar-refractivity contribution in [1.29, 1.82) is 0 Å². The maximum atomic E-state index is 11.2. The predicted molar refractivity (Wildman–Crippen MR) is 64.1 cm³/mol. The minimum absolute atomic E-state index is 0.150. The van der Waals surface area contributed by atoms with Crippen LogP contribution in [-0.4, -0.2) is 39.9 Å². The molecule has 2 N–H and O–H groups in total. The van der Waals surface area contributed by atoms with Gasteiger partial charge in [-0.2, -0.15) is 0 Å². The van der Waals surface area contributed by atoms with Crippen LogP contribution in [0.2, 0.25) is 5.21 Å². The number of hydrogen-bond acceptors (Lipinski definition) is 2. The first-order valence-electron chi connectivity index (χ1n) is 5.85. The van der Waals surface area contributed by atoms with Gasteiger partial charge in [-0.3, -0.25) is 0 Å². The molecule has 5 heteroatoms. The van der Waals surface area contributed by atoms with E-state index in [1.54, 1.807) is 0 Å². The summed E-state index contributed by atoms with van der Waals surface area (Å²) in [6.07, 6.45) is 6.46. The Morgan fingerprint density at radius 2 is 1.94 bits per heavy atom. The number of rotatable bonds is 5. The molecule has 1 aliphatic carbocycles. The van der Waals surface area contributed by atoms with Gasteiger partial charge < -0.3 is 0 Å². The van der Waals surface area contributed by atoms with Gasteiger partial charge in [-0.25, -0.2) is 0 Å². The molecule has 1 amide bonds. The van der Waals surface area contributed by atoms with Crippen molar-refractivity contribution in [1.82, 2.24) is 5.32 Å². The third-order valence-electron chi connectivity index (χ3n) is 3.11. The topological polar surface area (TPSA) is 66.4 Å². The Kier molecular flexibility index (Phi) is 5.89. The number of aliphatic carboxylic acids is 1. The van der Waals surface area contributed by atoms with Crippen LogP contribution < -0.4 is 5.32 Å². The molecule has 0 spiro atoms. The molecular weight excluding hydrogens is 269 g/mol. The molecule has 0 bridgehead atoms. The standard InChI is InChI=1S/C11H20AsNO3/c12-7-10(14)13-9(11(15)16)6-8-4-2-1-3-5-8/h8-9H,1-7,12H2,(H,13,14)(H,15,16). The van der Waals surface area contributed by atoms with Crippen LogP contribution >= 0.6 is 0 Å². The summed E-state index contributed by atoms with van der Waals surface area (Å²) in [5.74, 6) is -0.583. The molecule has 16 heavy (non-hydrogen) atoms. The van der Waals surface area contributed by atoms with Gasteiger partial charge in [0.2, 0.25) is 0 Å². The van der Waals surface area contributed by atoms with Gasteiger partial charge in [0.25, 0.3) is 0 Å². The van der Waals surface area contributed by atoms with Gasteiger partial charge in [0.1, 0.15) is 0 Å². The quantitative estimate of drug-likeness (QED) is 0.728. The third kappa shape index (κ3) is 4.56. The summed E-state index contributed by atoms with van der Waals surface area (Å²) in [4.78, 5) is 22.2. The zero-order chi connectivity index (χ0) is 12.0. The summed E-state index contributed by atoms with van der Waals surface area (Å²) in [5.41, 5.74) is 0. The zero-order valence-corrected chi connectivity index (χ0v) is 11.9. The molecule has 1 fully saturated rings. The zero-order valence-electron chi connectivity index (χ0n) is 9.45. The van der Waals surface area contributed by atoms with Crippen LogP contribution in [0.1, 0.15) is 38.5 Å². The third-order valence-corrected chi connectivity index (χ3v) is 3.89. The molecule has 0 aromatic carbocycles. The second-order valence-electron chi connectivity index (χ2n) is 4.40. The molecule has 4 nitrogen and oxygen atoms in total. The fourth-order valence-electron chi connectivity index (χ4n) is 2.23. The number of carbonyl (C=O) groups excluding carboxylic acids is 1. The summed E-state index contributed by atoms with van der Waals surface area (Å²) in [5, 5.41) is 12.0. The molecule has 1 aliphatic rings. The number of amides is 1. The second-order valence-corrected chi connectivity index (χ2v) is 5.26. The second kappa shape index (κ2) is 6.95. The molecule has 0 radical (unpaired) electrons. The van der Waals surface area contributed by atoms with E-state index in [0.717, 1.165) is 12.8 Å². The maximum absolute atomic E-state index is 11.2. The van der Waals surface area contributed by atoms with E-state index in [-0.39, 0.29) is 5.91 Å². The van der Waals surface area contributed by atoms with Gasteiger partial charge in [-0.05, 0) is 0 Å². The van der Waals surface area contributed by atoms with E-state index in [1.807, 2.05) is 0 Å². The Balaban J connectivity index is 2.43. The van der Waals surface area contributed by atoms with Crippen molar-refractivity contribution < 1.29 is 14.7 Å². The number of carboxylic acid groups (broad SMARTS) is 1. The minimum atomic E-state index is -0.903. The Morgan fingerprint density at radius 3 is 2.44 bits per heavy atom. The van der Waals surface area contributed by atoms with Crippen LogP contribution in [0.25, 0.3) is 0 Å². The van der Waals surface area contributed by atoms with Crippen molar-refractivity contribution in [3.8, 4) is 0 Å². The molecule has 2 unspecified atom stereocenters. The van der Waals surface area contributed by atoms with E-state index >= 15 is 0 Å². The first-order valence-corrected chi connectivity index (χ1v) is 7.57. The average Bonchev–Trinajstić information content (AvgIpc) is 2.29. The van der Waals surface area contributed by atoms with Gasteiger partial charge in [-0.1, -0.05) is 0 Å². The van der Waals surface area contributed by atoms with E-state index in [2.05, 4.69) is 5.32 Å². The van der Waals surface area contributed by atoms with E-state index in [9.17, 15) is 9.59 Å². The van der Waals surface area contributed by atoms with Crippen LogP contribution in [0.5, 0.6) is 0 Å². The van der Waals surface area contributed by atoms with E-state index < -0.39 is 12.0 Å². The fraction of sp³-hybridized carbons (Fsp3) is 0.818. The van der Waals surface area contributed by atoms with Crippen LogP contribution in [0.4, 0.5) is 0 Å². The van der Waals surface area contributed by atoms with E-state index in [4.69, 9.17) is 5.11 Å². The molecule has 0 heterocycles. The summed E-state index contributed by atoms with van der Waals surface area (Å²) < 4.78 is 0. The monoisotopic (exact) mass is 289 g/mol. The van der Waals surface area contributed by atoms with Crippen molar-refractivity contribution in [3.63, 3.8) is 0 Å². The molecule has 2 atom stereocenters. The van der Waals surface area contributed by atoms with Gasteiger partial charge in [0, 0.05) is 0 Å². The van der Waals surface area contributed by atoms with Gasteiger partial charge >= 0.3 is 104 Å². The fourth-order valence-corrected chi connectivity index (χ4v) is 2.48. The first-order chi connectivity index (χ1) is 7.63. The summed E-state index contributed by atoms with van der Waals surface area (Å²) in [7, 11) is 0. The van der Waals surface area contributed by atoms with Crippen molar-refractivity contribution in [3.05, 3.63) is 0 Å². The van der Waals surface area contributed by atoms with Gasteiger partial charge in [0.05, 0.1) is 0 Å². The molecule has 0 aromatic rings. The van der Waals surface area contributed by atoms with E-state index in [1.165, 1.54) is 36.1 Å². The van der Waals surface area contributed by atoms with Crippen LogP contribution in [-0.2, 0) is 9.59 Å². The Hall–Kier alpha value is -0.502. The number of nitrogens with one attached hydrogen (secondary N) is 1. The molecule has 92 valence electrons. The summed E-state index contributed by atoms with van der Waals surface area (Å²) in [6.45, 7) is 0. The SMILES string of the molecule is O=C(C[AsH2])NC(CC1CCCCC1)C(=O)O. The molecule has 1 rings (SSSR count). The van der Waals surface area contributed by atoms with Crippen LogP contribution in [0.3, 0.4) is 0 Å². The normalized spacial score (nSPS) is 19.1. The van der Waals surface area contributed by atoms with Gasteiger partial charge in [0.15, 0.2) is 0 Å². The number of hydrogen-bond donors (Lipinski definition) is 2. The Bertz CT molecular complexity index is 252. The van der Waals surface area contributed by atoms with Gasteiger partial charge in [-0.15, -0.1) is 0 Å². The summed E-state index contributed by atoms with van der Waals surface area (Å²) >= 11 is 1.30. The first kappa shape index (κ1) is 13.6. The molecule has 0 saturated heterocycles. The molecule has 1 saturated carbocycles.